The van der Waals surface area contributed by atoms with E-state index < -0.39 is 17.6 Å². The predicted octanol–water partition coefficient (Wildman–Crippen LogP) is 5.72. The molecule has 1 unspecified atom stereocenters. The highest BCUT2D eigenvalue weighted by atomic mass is 32.2. The Labute approximate surface area is 207 Å². The zero-order valence-electron chi connectivity index (χ0n) is 19.3. The van der Waals surface area contributed by atoms with Gasteiger partial charge in [-0.15, -0.1) is 11.8 Å². The highest BCUT2D eigenvalue weighted by Gasteiger charge is 2.35. The number of carbonyl (C=O) groups is 2. The lowest BCUT2D eigenvalue weighted by atomic mass is 9.97. The molecule has 5 rings (SSSR count). The van der Waals surface area contributed by atoms with Gasteiger partial charge in [-0.05, 0) is 43.2 Å². The molecule has 1 N–H and O–H groups in total. The normalized spacial score (nSPS) is 12.7. The van der Waals surface area contributed by atoms with Gasteiger partial charge in [0.05, 0.1) is 17.5 Å². The molecule has 0 aliphatic carbocycles. The number of fused-ring (bicyclic) bond motifs is 3. The number of hydrogen-bond acceptors (Lipinski definition) is 5. The number of nitriles is 1. The number of para-hydroxylation sites is 2. The standard InChI is InChI=1S/C28H22N4O2S/c1-17-9-8-10-18(2)24(17)30-28(34)21(15-29)27(33)25-22-16-35-23-14-7-6-13-20(23)26(22)32(31-25)19-11-4-3-5-12-19/h3-14,21H,16H2,1-2H3,(H,30,34). The first kappa shape index (κ1) is 22.6. The number of carbonyl (C=O) groups excluding carboxylic acids is 2. The van der Waals surface area contributed by atoms with E-state index in [0.717, 1.165) is 38.5 Å². The van der Waals surface area contributed by atoms with Gasteiger partial charge in [0.25, 0.3) is 0 Å². The van der Waals surface area contributed by atoms with Crippen LogP contribution in [0.1, 0.15) is 27.2 Å². The first-order chi connectivity index (χ1) is 17.0. The van der Waals surface area contributed by atoms with Crippen molar-refractivity contribution in [2.45, 2.75) is 24.5 Å². The van der Waals surface area contributed by atoms with Crippen molar-refractivity contribution in [1.82, 2.24) is 9.78 Å². The average molecular weight is 479 g/mol. The predicted molar refractivity (Wildman–Crippen MR) is 137 cm³/mol. The molecule has 3 aromatic carbocycles. The van der Waals surface area contributed by atoms with Gasteiger partial charge >= 0.3 is 0 Å². The highest BCUT2D eigenvalue weighted by Crippen LogP contribution is 2.44. The molecular formula is C28H22N4O2S. The first-order valence-corrected chi connectivity index (χ1v) is 12.2. The minimum Gasteiger partial charge on any atom is -0.324 e. The number of benzene rings is 3. The summed E-state index contributed by atoms with van der Waals surface area (Å²) in [5.41, 5.74) is 5.84. The van der Waals surface area contributed by atoms with E-state index in [1.165, 1.54) is 0 Å². The van der Waals surface area contributed by atoms with Crippen LogP contribution in [0.2, 0.25) is 0 Å². The zero-order valence-corrected chi connectivity index (χ0v) is 20.1. The summed E-state index contributed by atoms with van der Waals surface area (Å²) in [6.07, 6.45) is 0. The molecule has 1 atom stereocenters. The molecule has 172 valence electrons. The summed E-state index contributed by atoms with van der Waals surface area (Å²) in [6.45, 7) is 3.75. The minimum absolute atomic E-state index is 0.161. The number of amides is 1. The van der Waals surface area contributed by atoms with Crippen LogP contribution >= 0.6 is 11.8 Å². The molecule has 0 radical (unpaired) electrons. The summed E-state index contributed by atoms with van der Waals surface area (Å²) in [4.78, 5) is 27.8. The van der Waals surface area contributed by atoms with Gasteiger partial charge < -0.3 is 5.32 Å². The van der Waals surface area contributed by atoms with Crippen molar-refractivity contribution in [2.24, 2.45) is 5.92 Å². The second-order valence-electron chi connectivity index (χ2n) is 8.39. The molecule has 2 heterocycles. The monoisotopic (exact) mass is 478 g/mol. The van der Waals surface area contributed by atoms with Crippen molar-refractivity contribution in [1.29, 1.82) is 5.26 Å². The van der Waals surface area contributed by atoms with Crippen LogP contribution < -0.4 is 5.32 Å². The van der Waals surface area contributed by atoms with Gasteiger partial charge in [-0.2, -0.15) is 10.4 Å². The third kappa shape index (κ3) is 4.02. The van der Waals surface area contributed by atoms with Crippen molar-refractivity contribution >= 4 is 29.1 Å². The number of Topliss-reactive ketones (excluding diaryl/α,β-unsaturated/α-hetero) is 1. The molecule has 1 aromatic heterocycles. The van der Waals surface area contributed by atoms with E-state index >= 15 is 0 Å². The van der Waals surface area contributed by atoms with Gasteiger partial charge in [0.1, 0.15) is 5.69 Å². The second-order valence-corrected chi connectivity index (χ2v) is 9.41. The van der Waals surface area contributed by atoms with Gasteiger partial charge in [-0.1, -0.05) is 54.6 Å². The maximum absolute atomic E-state index is 13.6. The average Bonchev–Trinajstić information content (AvgIpc) is 3.27. The summed E-state index contributed by atoms with van der Waals surface area (Å²) in [7, 11) is 0. The minimum atomic E-state index is -1.51. The van der Waals surface area contributed by atoms with E-state index in [-0.39, 0.29) is 5.69 Å². The number of nitrogens with zero attached hydrogens (tertiary/aromatic N) is 3. The summed E-state index contributed by atoms with van der Waals surface area (Å²) in [5, 5.41) is 17.3. The summed E-state index contributed by atoms with van der Waals surface area (Å²) in [6, 6.07) is 25.1. The number of anilines is 1. The number of ketones is 1. The van der Waals surface area contributed by atoms with Crippen LogP contribution in [0.4, 0.5) is 5.69 Å². The molecule has 4 aromatic rings. The molecule has 1 amide bonds. The van der Waals surface area contributed by atoms with E-state index in [9.17, 15) is 14.9 Å². The van der Waals surface area contributed by atoms with Gasteiger partial charge in [0, 0.05) is 27.5 Å². The van der Waals surface area contributed by atoms with Crippen molar-refractivity contribution in [3.05, 3.63) is 95.2 Å². The molecule has 0 spiro atoms. The largest absolute Gasteiger partial charge is 0.324 e. The Kier molecular flexibility index (Phi) is 5.98. The number of thioether (sulfide) groups is 1. The van der Waals surface area contributed by atoms with Crippen molar-refractivity contribution in [2.75, 3.05) is 5.32 Å². The number of hydrogen-bond donors (Lipinski definition) is 1. The van der Waals surface area contributed by atoms with Gasteiger partial charge in [0.2, 0.25) is 11.7 Å². The Morgan fingerprint density at radius 3 is 2.40 bits per heavy atom. The second kappa shape index (κ2) is 9.24. The fourth-order valence-corrected chi connectivity index (χ4v) is 5.40. The molecule has 6 nitrogen and oxygen atoms in total. The number of nitrogens with one attached hydrogen (secondary N) is 1. The van der Waals surface area contributed by atoms with E-state index in [1.54, 1.807) is 16.4 Å². The molecule has 1 aliphatic rings. The van der Waals surface area contributed by atoms with Crippen LogP contribution in [-0.2, 0) is 10.5 Å². The van der Waals surface area contributed by atoms with Gasteiger partial charge in [-0.25, -0.2) is 4.68 Å². The number of rotatable bonds is 5. The molecular weight excluding hydrogens is 456 g/mol. The first-order valence-electron chi connectivity index (χ1n) is 11.2. The quantitative estimate of drug-likeness (QED) is 0.293. The summed E-state index contributed by atoms with van der Waals surface area (Å²) in [5.74, 6) is -2.24. The molecule has 0 bridgehead atoms. The van der Waals surface area contributed by atoms with E-state index in [0.29, 0.717) is 11.4 Å². The van der Waals surface area contributed by atoms with Crippen molar-refractivity contribution < 1.29 is 9.59 Å². The molecule has 0 saturated heterocycles. The highest BCUT2D eigenvalue weighted by molar-refractivity contribution is 7.98. The lowest BCUT2D eigenvalue weighted by Crippen LogP contribution is -2.30. The lowest BCUT2D eigenvalue weighted by Gasteiger charge is -2.18. The van der Waals surface area contributed by atoms with Crippen LogP contribution in [0, 0.1) is 31.1 Å². The van der Waals surface area contributed by atoms with E-state index in [1.807, 2.05) is 92.7 Å². The SMILES string of the molecule is Cc1cccc(C)c1NC(=O)C(C#N)C(=O)c1nn(-c2ccccc2)c2c1CSc1ccccc1-2. The molecule has 1 aliphatic heterocycles. The maximum atomic E-state index is 13.6. The zero-order chi connectivity index (χ0) is 24.5. The van der Waals surface area contributed by atoms with Crippen LogP contribution in [0.15, 0.2) is 77.7 Å². The van der Waals surface area contributed by atoms with Gasteiger partial charge in [0.15, 0.2) is 5.92 Å². The van der Waals surface area contributed by atoms with Gasteiger partial charge in [-0.3, -0.25) is 9.59 Å². The fourth-order valence-electron chi connectivity index (χ4n) is 4.34. The Bertz CT molecular complexity index is 1480. The Balaban J connectivity index is 1.58. The molecule has 7 heteroatoms. The number of aromatic nitrogens is 2. The fraction of sp³-hybridized carbons (Fsp3) is 0.143. The van der Waals surface area contributed by atoms with Crippen LogP contribution in [0.3, 0.4) is 0 Å². The topological polar surface area (TPSA) is 87.8 Å². The Morgan fingerprint density at radius 1 is 1.00 bits per heavy atom. The molecule has 35 heavy (non-hydrogen) atoms. The molecule has 0 saturated carbocycles. The van der Waals surface area contributed by atoms with E-state index in [2.05, 4.69) is 10.4 Å². The Morgan fingerprint density at radius 2 is 1.69 bits per heavy atom. The summed E-state index contributed by atoms with van der Waals surface area (Å²) < 4.78 is 1.75. The molecule has 0 fully saturated rings. The van der Waals surface area contributed by atoms with E-state index in [4.69, 9.17) is 0 Å². The summed E-state index contributed by atoms with van der Waals surface area (Å²) >= 11 is 1.62. The van der Waals surface area contributed by atoms with Crippen LogP contribution in [-0.4, -0.2) is 21.5 Å². The van der Waals surface area contributed by atoms with Crippen LogP contribution in [0.25, 0.3) is 16.9 Å². The third-order valence-corrected chi connectivity index (χ3v) is 7.21. The number of aryl methyl sites for hydroxylation is 2. The van der Waals surface area contributed by atoms with Crippen molar-refractivity contribution in [3.63, 3.8) is 0 Å². The maximum Gasteiger partial charge on any atom is 0.249 e. The van der Waals surface area contributed by atoms with Crippen LogP contribution in [0.5, 0.6) is 0 Å². The third-order valence-electron chi connectivity index (χ3n) is 6.11. The smallest absolute Gasteiger partial charge is 0.249 e. The Hall–Kier alpha value is -4.15. The lowest BCUT2D eigenvalue weighted by molar-refractivity contribution is -0.117. The van der Waals surface area contributed by atoms with Crippen molar-refractivity contribution in [3.8, 4) is 23.0 Å².